The normalized spacial score (nSPS) is 12.7. The molecule has 0 fully saturated rings. The number of aromatic nitrogens is 2. The van der Waals surface area contributed by atoms with Crippen LogP contribution in [0.2, 0.25) is 0 Å². The molecule has 0 aliphatic carbocycles. The molecule has 0 saturated carbocycles. The Balaban J connectivity index is 2.26. The average molecular weight is 274 g/mol. The first-order chi connectivity index (χ1) is 9.51. The zero-order valence-electron chi connectivity index (χ0n) is 12.4. The Labute approximate surface area is 119 Å². The van der Waals surface area contributed by atoms with Gasteiger partial charge in [0, 0.05) is 7.05 Å². The first-order valence-electron chi connectivity index (χ1n) is 6.74. The molecule has 0 aliphatic rings. The predicted molar refractivity (Wildman–Crippen MR) is 79.3 cm³/mol. The molecule has 0 bridgehead atoms. The molecule has 0 spiro atoms. The van der Waals surface area contributed by atoms with Crippen LogP contribution in [-0.4, -0.2) is 15.9 Å². The fourth-order valence-corrected chi connectivity index (χ4v) is 2.26. The van der Waals surface area contributed by atoms with Crippen LogP contribution < -0.4 is 16.0 Å². The summed E-state index contributed by atoms with van der Waals surface area (Å²) in [5.74, 6) is 6.57. The number of rotatable bonds is 5. The minimum atomic E-state index is -0.0886. The maximum absolute atomic E-state index is 5.71. The number of ether oxygens (including phenoxy) is 1. The lowest BCUT2D eigenvalue weighted by Gasteiger charge is -2.17. The minimum Gasteiger partial charge on any atom is -0.491 e. The van der Waals surface area contributed by atoms with Crippen molar-refractivity contribution in [2.24, 2.45) is 12.9 Å². The number of hydrogen-bond acceptors (Lipinski definition) is 4. The first-order valence-corrected chi connectivity index (χ1v) is 6.74. The summed E-state index contributed by atoms with van der Waals surface area (Å²) in [7, 11) is 1.92. The van der Waals surface area contributed by atoms with Crippen molar-refractivity contribution in [3.63, 3.8) is 0 Å². The molecule has 1 aromatic heterocycles. The lowest BCUT2D eigenvalue weighted by Crippen LogP contribution is -2.30. The van der Waals surface area contributed by atoms with Crippen molar-refractivity contribution in [1.29, 1.82) is 0 Å². The SMILES string of the molecule is Cc1cc(C(NN)c2ccc(OC(C)C)cc2)n(C)n1. The van der Waals surface area contributed by atoms with Crippen LogP contribution in [0.1, 0.15) is 36.8 Å². The Morgan fingerprint density at radius 2 is 1.90 bits per heavy atom. The highest BCUT2D eigenvalue weighted by atomic mass is 16.5. The fraction of sp³-hybridized carbons (Fsp3) is 0.400. The predicted octanol–water partition coefficient (Wildman–Crippen LogP) is 2.07. The van der Waals surface area contributed by atoms with Crippen molar-refractivity contribution in [3.8, 4) is 5.75 Å². The van der Waals surface area contributed by atoms with Crippen LogP contribution in [-0.2, 0) is 7.05 Å². The van der Waals surface area contributed by atoms with Gasteiger partial charge in [0.2, 0.25) is 0 Å². The smallest absolute Gasteiger partial charge is 0.119 e. The molecule has 0 amide bonds. The van der Waals surface area contributed by atoms with Crippen molar-refractivity contribution in [2.45, 2.75) is 32.9 Å². The standard InChI is InChI=1S/C15H22N4O/c1-10(2)20-13-7-5-12(6-8-13)15(17-16)14-9-11(3)18-19(14)4/h5-10,15,17H,16H2,1-4H3. The van der Waals surface area contributed by atoms with E-state index >= 15 is 0 Å². The maximum atomic E-state index is 5.71. The summed E-state index contributed by atoms with van der Waals surface area (Å²) in [6, 6.07) is 9.90. The van der Waals surface area contributed by atoms with E-state index in [1.165, 1.54) is 0 Å². The van der Waals surface area contributed by atoms with Gasteiger partial charge in [-0.25, -0.2) is 5.43 Å². The molecular weight excluding hydrogens is 252 g/mol. The molecule has 1 unspecified atom stereocenters. The second-order valence-corrected chi connectivity index (χ2v) is 5.17. The number of nitrogens with two attached hydrogens (primary N) is 1. The van der Waals surface area contributed by atoms with Crippen LogP contribution in [0.25, 0.3) is 0 Å². The number of hydrogen-bond donors (Lipinski definition) is 2. The van der Waals surface area contributed by atoms with E-state index in [0.717, 1.165) is 22.7 Å². The van der Waals surface area contributed by atoms with Crippen molar-refractivity contribution >= 4 is 0 Å². The van der Waals surface area contributed by atoms with E-state index in [1.54, 1.807) is 0 Å². The molecular formula is C15H22N4O. The van der Waals surface area contributed by atoms with E-state index in [-0.39, 0.29) is 12.1 Å². The third-order valence-electron chi connectivity index (χ3n) is 3.09. The zero-order valence-corrected chi connectivity index (χ0v) is 12.4. The van der Waals surface area contributed by atoms with Gasteiger partial charge in [-0.05, 0) is 44.5 Å². The van der Waals surface area contributed by atoms with Gasteiger partial charge in [-0.15, -0.1) is 0 Å². The van der Waals surface area contributed by atoms with Crippen LogP contribution in [0.5, 0.6) is 5.75 Å². The summed E-state index contributed by atoms with van der Waals surface area (Å²) in [6.07, 6.45) is 0.170. The molecule has 0 saturated heterocycles. The summed E-state index contributed by atoms with van der Waals surface area (Å²) < 4.78 is 7.49. The summed E-state index contributed by atoms with van der Waals surface area (Å²) >= 11 is 0. The van der Waals surface area contributed by atoms with Gasteiger partial charge in [-0.2, -0.15) is 5.10 Å². The Morgan fingerprint density at radius 3 is 2.35 bits per heavy atom. The highest BCUT2D eigenvalue weighted by molar-refractivity contribution is 5.33. The molecule has 2 rings (SSSR count). The number of nitrogens with one attached hydrogen (secondary N) is 1. The van der Waals surface area contributed by atoms with Gasteiger partial charge in [0.05, 0.1) is 23.5 Å². The Morgan fingerprint density at radius 1 is 1.25 bits per heavy atom. The number of nitrogens with zero attached hydrogens (tertiary/aromatic N) is 2. The first kappa shape index (κ1) is 14.6. The van der Waals surface area contributed by atoms with Gasteiger partial charge in [0.15, 0.2) is 0 Å². The number of benzene rings is 1. The lowest BCUT2D eigenvalue weighted by molar-refractivity contribution is 0.242. The van der Waals surface area contributed by atoms with Gasteiger partial charge in [0.25, 0.3) is 0 Å². The summed E-state index contributed by atoms with van der Waals surface area (Å²) in [5, 5.41) is 4.36. The summed E-state index contributed by atoms with van der Waals surface area (Å²) in [4.78, 5) is 0. The highest BCUT2D eigenvalue weighted by Crippen LogP contribution is 2.24. The molecule has 0 radical (unpaired) electrons. The van der Waals surface area contributed by atoms with E-state index in [4.69, 9.17) is 10.6 Å². The van der Waals surface area contributed by atoms with Crippen LogP contribution in [0.15, 0.2) is 30.3 Å². The monoisotopic (exact) mass is 274 g/mol. The van der Waals surface area contributed by atoms with E-state index in [1.807, 2.05) is 62.8 Å². The Bertz CT molecular complexity index is 560. The number of hydrazine groups is 1. The average Bonchev–Trinajstić information content (AvgIpc) is 2.71. The van der Waals surface area contributed by atoms with E-state index in [9.17, 15) is 0 Å². The molecule has 20 heavy (non-hydrogen) atoms. The largest absolute Gasteiger partial charge is 0.491 e. The third-order valence-corrected chi connectivity index (χ3v) is 3.09. The molecule has 1 heterocycles. The summed E-state index contributed by atoms with van der Waals surface area (Å²) in [5.41, 5.74) is 5.93. The maximum Gasteiger partial charge on any atom is 0.119 e. The van der Waals surface area contributed by atoms with Crippen LogP contribution in [0.3, 0.4) is 0 Å². The van der Waals surface area contributed by atoms with Crippen LogP contribution in [0, 0.1) is 6.92 Å². The van der Waals surface area contributed by atoms with Crippen molar-refractivity contribution in [3.05, 3.63) is 47.3 Å². The topological polar surface area (TPSA) is 65.1 Å². The Hall–Kier alpha value is -1.85. The molecule has 5 nitrogen and oxygen atoms in total. The van der Waals surface area contributed by atoms with E-state index in [2.05, 4.69) is 10.5 Å². The van der Waals surface area contributed by atoms with Crippen LogP contribution >= 0.6 is 0 Å². The van der Waals surface area contributed by atoms with Crippen molar-refractivity contribution < 1.29 is 4.74 Å². The molecule has 1 atom stereocenters. The van der Waals surface area contributed by atoms with Gasteiger partial charge in [-0.3, -0.25) is 10.5 Å². The molecule has 1 aromatic carbocycles. The third kappa shape index (κ3) is 3.18. The van der Waals surface area contributed by atoms with Crippen molar-refractivity contribution in [1.82, 2.24) is 15.2 Å². The molecule has 2 aromatic rings. The highest BCUT2D eigenvalue weighted by Gasteiger charge is 2.17. The van der Waals surface area contributed by atoms with E-state index in [0.29, 0.717) is 0 Å². The minimum absolute atomic E-state index is 0.0886. The second-order valence-electron chi connectivity index (χ2n) is 5.17. The second kappa shape index (κ2) is 6.07. The molecule has 5 heteroatoms. The van der Waals surface area contributed by atoms with Gasteiger partial charge in [0.1, 0.15) is 5.75 Å². The quantitative estimate of drug-likeness (QED) is 0.647. The van der Waals surface area contributed by atoms with Crippen molar-refractivity contribution in [2.75, 3.05) is 0 Å². The van der Waals surface area contributed by atoms with Gasteiger partial charge < -0.3 is 4.74 Å². The zero-order chi connectivity index (χ0) is 14.7. The van der Waals surface area contributed by atoms with E-state index < -0.39 is 0 Å². The molecule has 0 aliphatic heterocycles. The lowest BCUT2D eigenvalue weighted by atomic mass is 10.0. The summed E-state index contributed by atoms with van der Waals surface area (Å²) in [6.45, 7) is 5.99. The van der Waals surface area contributed by atoms with Crippen LogP contribution in [0.4, 0.5) is 0 Å². The Kier molecular flexibility index (Phi) is 4.42. The van der Waals surface area contributed by atoms with Gasteiger partial charge >= 0.3 is 0 Å². The fourth-order valence-electron chi connectivity index (χ4n) is 2.26. The molecule has 108 valence electrons. The van der Waals surface area contributed by atoms with Gasteiger partial charge in [-0.1, -0.05) is 12.1 Å². The number of aryl methyl sites for hydroxylation is 2. The molecule has 3 N–H and O–H groups in total.